The number of nitrogens with zero attached hydrogens (tertiary/aromatic N) is 3. The summed E-state index contributed by atoms with van der Waals surface area (Å²) in [4.78, 5) is 4.16. The van der Waals surface area contributed by atoms with E-state index in [4.69, 9.17) is 19.6 Å². The fourth-order valence-electron chi connectivity index (χ4n) is 3.60. The van der Waals surface area contributed by atoms with E-state index in [1.807, 2.05) is 0 Å². The first kappa shape index (κ1) is 11.5. The van der Waals surface area contributed by atoms with E-state index >= 15 is 0 Å². The highest BCUT2D eigenvalue weighted by Crippen LogP contribution is 2.82. The molecule has 1 aliphatic carbocycles. The molecule has 2 aliphatic heterocycles. The second-order valence-electron chi connectivity index (χ2n) is 5.06. The van der Waals surface area contributed by atoms with Crippen LogP contribution in [0.25, 0.3) is 0 Å². The van der Waals surface area contributed by atoms with Gasteiger partial charge in [-0.15, -0.1) is 0 Å². The number of nitrogens with two attached hydrogens (primary N) is 1. The quantitative estimate of drug-likeness (QED) is 0.792. The van der Waals surface area contributed by atoms with Crippen LogP contribution < -0.4 is 5.73 Å². The number of fused-ring (bicyclic) bond motifs is 2. The Labute approximate surface area is 114 Å². The zero-order valence-electron chi connectivity index (χ0n) is 10.4. The van der Waals surface area contributed by atoms with Crippen molar-refractivity contribution in [2.75, 3.05) is 13.2 Å². The Hall–Kier alpha value is -2.35. The molecule has 1 saturated carbocycles. The number of furan rings is 1. The molecule has 0 amide bonds. The van der Waals surface area contributed by atoms with Crippen LogP contribution in [0.5, 0.6) is 0 Å². The lowest BCUT2D eigenvalue weighted by atomic mass is 9.94. The second-order valence-corrected chi connectivity index (χ2v) is 5.06. The van der Waals surface area contributed by atoms with Gasteiger partial charge in [-0.25, -0.2) is 4.99 Å². The molecule has 3 heterocycles. The Morgan fingerprint density at radius 3 is 2.60 bits per heavy atom. The summed E-state index contributed by atoms with van der Waals surface area (Å²) in [6.07, 6.45) is 1.50. The van der Waals surface area contributed by atoms with Gasteiger partial charge in [-0.05, 0) is 12.1 Å². The Balaban J connectivity index is 1.96. The Morgan fingerprint density at radius 1 is 1.30 bits per heavy atom. The average Bonchev–Trinajstić information content (AvgIpc) is 2.93. The summed E-state index contributed by atoms with van der Waals surface area (Å²) in [6.45, 7) is 0.624. The van der Waals surface area contributed by atoms with E-state index in [0.717, 1.165) is 0 Å². The number of nitriles is 2. The predicted octanol–water partition coefficient (Wildman–Crippen LogP) is 0.468. The van der Waals surface area contributed by atoms with Crippen molar-refractivity contribution >= 4 is 5.84 Å². The van der Waals surface area contributed by atoms with Crippen LogP contribution >= 0.6 is 0 Å². The molecule has 100 valence electrons. The van der Waals surface area contributed by atoms with Gasteiger partial charge in [0.1, 0.15) is 11.6 Å². The monoisotopic (exact) mass is 270 g/mol. The fourth-order valence-corrected chi connectivity index (χ4v) is 3.60. The van der Waals surface area contributed by atoms with Gasteiger partial charge in [0.2, 0.25) is 0 Å². The molecule has 3 aliphatic rings. The van der Waals surface area contributed by atoms with Crippen molar-refractivity contribution in [2.24, 2.45) is 21.6 Å². The minimum atomic E-state index is -1.49. The number of aliphatic imine (C=N–C) groups is 1. The lowest BCUT2D eigenvalue weighted by Crippen LogP contribution is -2.38. The topological polar surface area (TPSA) is 118 Å². The predicted molar refractivity (Wildman–Crippen MR) is 63.8 cm³/mol. The molecule has 0 aromatic carbocycles. The molecule has 2 fully saturated rings. The molecule has 7 heteroatoms. The third-order valence-electron chi connectivity index (χ3n) is 4.43. The molecule has 20 heavy (non-hydrogen) atoms. The maximum atomic E-state index is 9.74. The summed E-state index contributed by atoms with van der Waals surface area (Å²) < 4.78 is 16.5. The highest BCUT2D eigenvalue weighted by molar-refractivity contribution is 6.00. The molecule has 0 bridgehead atoms. The minimum absolute atomic E-state index is 0.0739. The van der Waals surface area contributed by atoms with Crippen LogP contribution in [0, 0.1) is 33.5 Å². The van der Waals surface area contributed by atoms with Gasteiger partial charge in [0.15, 0.2) is 10.8 Å². The number of ether oxygens (including phenoxy) is 2. The van der Waals surface area contributed by atoms with Crippen molar-refractivity contribution in [2.45, 2.75) is 11.8 Å². The van der Waals surface area contributed by atoms with E-state index in [1.165, 1.54) is 6.26 Å². The van der Waals surface area contributed by atoms with Gasteiger partial charge in [-0.3, -0.25) is 0 Å². The summed E-state index contributed by atoms with van der Waals surface area (Å²) in [5, 5.41) is 19.4. The van der Waals surface area contributed by atoms with Crippen molar-refractivity contribution in [1.82, 2.24) is 0 Å². The molecular formula is C13H10N4O3. The van der Waals surface area contributed by atoms with Crippen LogP contribution in [0.2, 0.25) is 0 Å². The second kappa shape index (κ2) is 3.21. The third-order valence-corrected chi connectivity index (χ3v) is 4.43. The zero-order valence-corrected chi connectivity index (χ0v) is 10.4. The first-order valence-corrected chi connectivity index (χ1v) is 6.18. The van der Waals surface area contributed by atoms with E-state index in [2.05, 4.69) is 17.1 Å². The van der Waals surface area contributed by atoms with Crippen LogP contribution in [0.15, 0.2) is 27.8 Å². The number of hydrogen-bond acceptors (Lipinski definition) is 7. The molecule has 0 radical (unpaired) electrons. The van der Waals surface area contributed by atoms with Gasteiger partial charge in [-0.1, -0.05) is 0 Å². The number of rotatable bonds is 1. The molecule has 7 nitrogen and oxygen atoms in total. The lowest BCUT2D eigenvalue weighted by Gasteiger charge is -2.25. The Morgan fingerprint density at radius 2 is 2.05 bits per heavy atom. The first-order chi connectivity index (χ1) is 9.68. The van der Waals surface area contributed by atoms with Crippen LogP contribution in [0.1, 0.15) is 11.7 Å². The Kier molecular flexibility index (Phi) is 1.84. The largest absolute Gasteiger partial charge is 0.469 e. The van der Waals surface area contributed by atoms with Crippen LogP contribution in [-0.4, -0.2) is 25.0 Å². The maximum absolute atomic E-state index is 9.74. The summed E-state index contributed by atoms with van der Waals surface area (Å²) in [6, 6.07) is 7.75. The SMILES string of the molecule is N#CC12C(N)=NC3(OCCO3)C1(C#N)C2c1ccco1. The van der Waals surface area contributed by atoms with Crippen molar-refractivity contribution in [3.8, 4) is 12.1 Å². The molecular weight excluding hydrogens is 260 g/mol. The Bertz CT molecular complexity index is 692. The average molecular weight is 270 g/mol. The van der Waals surface area contributed by atoms with Crippen molar-refractivity contribution < 1.29 is 13.9 Å². The van der Waals surface area contributed by atoms with Gasteiger partial charge in [-0.2, -0.15) is 10.5 Å². The van der Waals surface area contributed by atoms with E-state index in [0.29, 0.717) is 19.0 Å². The molecule has 4 rings (SSSR count). The fraction of sp³-hybridized carbons (Fsp3) is 0.462. The van der Waals surface area contributed by atoms with Crippen LogP contribution in [0.4, 0.5) is 0 Å². The van der Waals surface area contributed by atoms with Crippen molar-refractivity contribution in [3.63, 3.8) is 0 Å². The summed E-state index contributed by atoms with van der Waals surface area (Å²) in [5.74, 6) is -1.43. The molecule has 3 atom stereocenters. The van der Waals surface area contributed by atoms with Crippen LogP contribution in [-0.2, 0) is 9.47 Å². The van der Waals surface area contributed by atoms with Gasteiger partial charge in [0.25, 0.3) is 5.91 Å². The highest BCUT2D eigenvalue weighted by atomic mass is 16.8. The van der Waals surface area contributed by atoms with E-state index in [9.17, 15) is 10.5 Å². The van der Waals surface area contributed by atoms with Gasteiger partial charge >= 0.3 is 0 Å². The maximum Gasteiger partial charge on any atom is 0.293 e. The number of hydrogen-bond donors (Lipinski definition) is 1. The van der Waals surface area contributed by atoms with E-state index < -0.39 is 22.7 Å². The lowest BCUT2D eigenvalue weighted by molar-refractivity contribution is -0.184. The molecule has 1 spiro atoms. The minimum Gasteiger partial charge on any atom is -0.469 e. The zero-order chi connectivity index (χ0) is 14.0. The molecule has 1 aromatic rings. The van der Waals surface area contributed by atoms with Crippen LogP contribution in [0.3, 0.4) is 0 Å². The summed E-state index contributed by atoms with van der Waals surface area (Å²) in [5.41, 5.74) is 3.42. The molecule has 3 unspecified atom stereocenters. The van der Waals surface area contributed by atoms with Crippen molar-refractivity contribution in [1.29, 1.82) is 10.5 Å². The van der Waals surface area contributed by atoms with Crippen molar-refractivity contribution in [3.05, 3.63) is 24.2 Å². The summed E-state index contributed by atoms with van der Waals surface area (Å²) >= 11 is 0. The van der Waals surface area contributed by atoms with Gasteiger partial charge in [0, 0.05) is 0 Å². The number of amidine groups is 1. The molecule has 1 saturated heterocycles. The van der Waals surface area contributed by atoms with Gasteiger partial charge in [0.05, 0.1) is 37.5 Å². The third kappa shape index (κ3) is 0.856. The smallest absolute Gasteiger partial charge is 0.293 e. The summed E-state index contributed by atoms with van der Waals surface area (Å²) in [7, 11) is 0. The standard InChI is InChI=1S/C13H10N4O3/c14-6-11-9(8-2-1-3-18-8)12(11,7-15)13(17-10(11)16)19-4-5-20-13/h1-3,9H,4-5H2,(H2,16,17). The first-order valence-electron chi connectivity index (χ1n) is 6.18. The molecule has 2 N–H and O–H groups in total. The van der Waals surface area contributed by atoms with E-state index in [-0.39, 0.29) is 5.84 Å². The normalized spacial score (nSPS) is 39.9. The van der Waals surface area contributed by atoms with Gasteiger partial charge < -0.3 is 19.6 Å². The highest BCUT2D eigenvalue weighted by Gasteiger charge is 2.95. The molecule has 1 aromatic heterocycles. The van der Waals surface area contributed by atoms with E-state index in [1.54, 1.807) is 12.1 Å².